The van der Waals surface area contributed by atoms with Crippen LogP contribution in [-0.2, 0) is 28.0 Å². The van der Waals surface area contributed by atoms with Crippen LogP contribution >= 0.6 is 0 Å². The molecule has 0 radical (unpaired) electrons. The summed E-state index contributed by atoms with van der Waals surface area (Å²) in [4.78, 5) is 53.3. The minimum atomic E-state index is -0.623. The Morgan fingerprint density at radius 1 is 0.929 bits per heavy atom. The fourth-order valence-corrected chi connectivity index (χ4v) is 7.37. The number of imide groups is 1. The topological polar surface area (TPSA) is 172 Å². The van der Waals surface area contributed by atoms with E-state index >= 15 is 0 Å². The Bertz CT molecular complexity index is 2000. The molecule has 4 heterocycles. The standard InChI is InChI=1S/C41H54N8O7/c1-47-27-33(31-25-44-46-39(31)41(47)53)28-22-35(54-2)32(36(23-28)55-3)24-42-26-38(51)43-16-8-6-4-5-7-9-17-48-18-20-49(21-19-48)29-10-12-30(13-11-29)56-34-14-15-37(50)45-40(34)52/h10-13,22-23,25,27,34,42H,4-9,14-21,24,26H2,1-3H3,(H,43,51)(H,44,46)(H,45,50,52). The maximum absolute atomic E-state index is 12.6. The molecule has 6 rings (SSSR count). The van der Waals surface area contributed by atoms with Gasteiger partial charge in [0.2, 0.25) is 11.8 Å². The van der Waals surface area contributed by atoms with Gasteiger partial charge < -0.3 is 34.3 Å². The van der Waals surface area contributed by atoms with E-state index in [1.807, 2.05) is 36.4 Å². The van der Waals surface area contributed by atoms with Crippen LogP contribution in [-0.4, -0.2) is 104 Å². The van der Waals surface area contributed by atoms with Gasteiger partial charge in [0.25, 0.3) is 11.5 Å². The number of methoxy groups -OCH3 is 2. The fraction of sp³-hybridized carbons (Fsp3) is 0.488. The van der Waals surface area contributed by atoms with Crippen LogP contribution in [0.25, 0.3) is 22.0 Å². The first kappa shape index (κ1) is 40.3. The molecule has 15 nitrogen and oxygen atoms in total. The average Bonchev–Trinajstić information content (AvgIpc) is 3.71. The molecular weight excluding hydrogens is 716 g/mol. The van der Waals surface area contributed by atoms with Crippen LogP contribution in [0.1, 0.15) is 56.9 Å². The van der Waals surface area contributed by atoms with E-state index in [2.05, 4.69) is 35.9 Å². The third-order valence-corrected chi connectivity index (χ3v) is 10.6. The number of aryl methyl sites for hydroxylation is 1. The molecule has 4 aromatic rings. The number of ether oxygens (including phenoxy) is 3. The highest BCUT2D eigenvalue weighted by Gasteiger charge is 2.28. The SMILES string of the molecule is COc1cc(-c2cn(C)c(=O)c3[nH]ncc23)cc(OC)c1CNCC(=O)NCCCCCCCCN1CCN(c2ccc(OC3CCC(=O)NC3=O)cc2)CC1. The number of piperidine rings is 1. The predicted molar refractivity (Wildman–Crippen MR) is 214 cm³/mol. The smallest absolute Gasteiger partial charge is 0.276 e. The zero-order valence-corrected chi connectivity index (χ0v) is 32.7. The summed E-state index contributed by atoms with van der Waals surface area (Å²) in [5.74, 6) is 1.19. The number of nitrogens with zero attached hydrogens (tertiary/aromatic N) is 4. The van der Waals surface area contributed by atoms with Crippen molar-refractivity contribution in [1.29, 1.82) is 0 Å². The highest BCUT2D eigenvalue weighted by Crippen LogP contribution is 2.37. The second-order valence-corrected chi connectivity index (χ2v) is 14.4. The number of H-pyrrole nitrogens is 1. The maximum atomic E-state index is 12.6. The average molecular weight is 771 g/mol. The van der Waals surface area contributed by atoms with Crippen LogP contribution < -0.4 is 40.6 Å². The molecule has 3 amide bonds. The quantitative estimate of drug-likeness (QED) is 0.0813. The molecule has 56 heavy (non-hydrogen) atoms. The van der Waals surface area contributed by atoms with Gasteiger partial charge in [-0.3, -0.25) is 34.5 Å². The molecule has 0 spiro atoms. The van der Waals surface area contributed by atoms with E-state index in [0.717, 1.165) is 74.4 Å². The van der Waals surface area contributed by atoms with Gasteiger partial charge in [-0.2, -0.15) is 5.10 Å². The summed E-state index contributed by atoms with van der Waals surface area (Å²) >= 11 is 0. The number of carbonyl (C=O) groups is 3. The number of benzene rings is 2. The molecule has 1 unspecified atom stereocenters. The van der Waals surface area contributed by atoms with Gasteiger partial charge in [0.15, 0.2) is 6.10 Å². The molecule has 2 aromatic heterocycles. The monoisotopic (exact) mass is 770 g/mol. The van der Waals surface area contributed by atoms with Gasteiger partial charge in [-0.15, -0.1) is 0 Å². The highest BCUT2D eigenvalue weighted by molar-refractivity contribution is 6.00. The second-order valence-electron chi connectivity index (χ2n) is 14.4. The lowest BCUT2D eigenvalue weighted by atomic mass is 10.0. The zero-order chi connectivity index (χ0) is 39.4. The van der Waals surface area contributed by atoms with Gasteiger partial charge in [0.1, 0.15) is 22.8 Å². The molecule has 0 bridgehead atoms. The summed E-state index contributed by atoms with van der Waals surface area (Å²) in [6.07, 6.45) is 10.3. The third kappa shape index (κ3) is 10.3. The maximum Gasteiger partial charge on any atom is 0.276 e. The van der Waals surface area contributed by atoms with Gasteiger partial charge in [-0.25, -0.2) is 0 Å². The number of nitrogens with one attached hydrogen (secondary N) is 4. The van der Waals surface area contributed by atoms with Crippen LogP contribution in [0.2, 0.25) is 0 Å². The number of aromatic amines is 1. The van der Waals surface area contributed by atoms with Gasteiger partial charge in [0.05, 0.1) is 27.0 Å². The van der Waals surface area contributed by atoms with Crippen LogP contribution in [0.15, 0.2) is 53.6 Å². The van der Waals surface area contributed by atoms with Crippen LogP contribution in [0.4, 0.5) is 5.69 Å². The Morgan fingerprint density at radius 3 is 2.32 bits per heavy atom. The molecule has 2 saturated heterocycles. The summed E-state index contributed by atoms with van der Waals surface area (Å²) in [5.41, 5.74) is 3.86. The number of rotatable bonds is 19. The van der Waals surface area contributed by atoms with Crippen molar-refractivity contribution in [2.45, 2.75) is 64.0 Å². The lowest BCUT2D eigenvalue weighted by Crippen LogP contribution is -2.46. The van der Waals surface area contributed by atoms with Crippen molar-refractivity contribution in [3.05, 3.63) is 64.7 Å². The molecule has 0 saturated carbocycles. The van der Waals surface area contributed by atoms with Crippen molar-refractivity contribution < 1.29 is 28.6 Å². The molecule has 300 valence electrons. The molecule has 15 heteroatoms. The molecule has 4 N–H and O–H groups in total. The number of carbonyl (C=O) groups excluding carboxylic acids is 3. The van der Waals surface area contributed by atoms with Crippen molar-refractivity contribution in [3.63, 3.8) is 0 Å². The van der Waals surface area contributed by atoms with Crippen LogP contribution in [0.5, 0.6) is 17.2 Å². The number of piperazine rings is 1. The van der Waals surface area contributed by atoms with Crippen LogP contribution in [0.3, 0.4) is 0 Å². The van der Waals surface area contributed by atoms with E-state index in [9.17, 15) is 19.2 Å². The summed E-state index contributed by atoms with van der Waals surface area (Å²) in [7, 11) is 4.90. The Kier molecular flexibility index (Phi) is 14.0. The predicted octanol–water partition coefficient (Wildman–Crippen LogP) is 3.50. The van der Waals surface area contributed by atoms with Gasteiger partial charge in [-0.05, 0) is 61.3 Å². The molecule has 0 aliphatic carbocycles. The zero-order valence-electron chi connectivity index (χ0n) is 32.7. The second kappa shape index (κ2) is 19.4. The molecular formula is C41H54N8O7. The van der Waals surface area contributed by atoms with E-state index in [4.69, 9.17) is 14.2 Å². The summed E-state index contributed by atoms with van der Waals surface area (Å²) in [6.45, 7) is 6.33. The largest absolute Gasteiger partial charge is 0.496 e. The number of pyridine rings is 1. The number of unbranched alkanes of at least 4 members (excludes halogenated alkanes) is 5. The third-order valence-electron chi connectivity index (χ3n) is 10.6. The van der Waals surface area contributed by atoms with E-state index < -0.39 is 6.10 Å². The first-order valence-corrected chi connectivity index (χ1v) is 19.6. The van der Waals surface area contributed by atoms with E-state index in [1.165, 1.54) is 23.8 Å². The molecule has 2 fully saturated rings. The van der Waals surface area contributed by atoms with Crippen molar-refractivity contribution in [2.24, 2.45) is 7.05 Å². The van der Waals surface area contributed by atoms with Gasteiger partial charge >= 0.3 is 0 Å². The van der Waals surface area contributed by atoms with Crippen LogP contribution in [0, 0.1) is 0 Å². The summed E-state index contributed by atoms with van der Waals surface area (Å²) < 4.78 is 18.8. The van der Waals surface area contributed by atoms with Crippen molar-refractivity contribution in [1.82, 2.24) is 35.6 Å². The van der Waals surface area contributed by atoms with Crippen molar-refractivity contribution in [2.75, 3.05) is 64.9 Å². The normalized spacial score (nSPS) is 16.2. The number of amides is 3. The Morgan fingerprint density at radius 2 is 1.62 bits per heavy atom. The highest BCUT2D eigenvalue weighted by atomic mass is 16.5. The van der Waals surface area contributed by atoms with E-state index in [0.29, 0.717) is 54.1 Å². The fourth-order valence-electron chi connectivity index (χ4n) is 7.37. The Labute approximate surface area is 327 Å². The first-order valence-electron chi connectivity index (χ1n) is 19.6. The number of fused-ring (bicyclic) bond motifs is 1. The lowest BCUT2D eigenvalue weighted by Gasteiger charge is -2.36. The molecule has 2 aromatic carbocycles. The lowest BCUT2D eigenvalue weighted by molar-refractivity contribution is -0.138. The molecule has 2 aliphatic rings. The molecule has 2 aliphatic heterocycles. The van der Waals surface area contributed by atoms with E-state index in [-0.39, 0.29) is 29.8 Å². The Balaban J connectivity index is 0.813. The summed E-state index contributed by atoms with van der Waals surface area (Å²) in [5, 5.41) is 16.1. The number of hydrogen-bond acceptors (Lipinski definition) is 11. The van der Waals surface area contributed by atoms with Crippen molar-refractivity contribution >= 4 is 34.3 Å². The number of hydrogen-bond donors (Lipinski definition) is 4. The minimum absolute atomic E-state index is 0.0528. The Hall–Kier alpha value is -5.41. The minimum Gasteiger partial charge on any atom is -0.496 e. The first-order chi connectivity index (χ1) is 27.2. The number of anilines is 1. The van der Waals surface area contributed by atoms with Crippen molar-refractivity contribution in [3.8, 4) is 28.4 Å². The number of aromatic nitrogens is 3. The summed E-state index contributed by atoms with van der Waals surface area (Å²) in [6, 6.07) is 11.7. The van der Waals surface area contributed by atoms with E-state index in [1.54, 1.807) is 33.7 Å². The van der Waals surface area contributed by atoms with Gasteiger partial charge in [-0.1, -0.05) is 25.7 Å². The molecule has 1 atom stereocenters. The van der Waals surface area contributed by atoms with Gasteiger partial charge in [0, 0.05) is 87.6 Å².